The lowest BCUT2D eigenvalue weighted by Gasteiger charge is -2.09. The van der Waals surface area contributed by atoms with Crippen LogP contribution in [0, 0.1) is 9.49 Å². The van der Waals surface area contributed by atoms with Crippen molar-refractivity contribution in [1.29, 1.82) is 0 Å². The highest BCUT2D eigenvalue weighted by Gasteiger charge is 2.12. The van der Waals surface area contributed by atoms with Crippen molar-refractivity contribution < 1.29 is 14.7 Å². The standard InChI is InChI=1S/C13H15BrINO3/c1-8(13(18)19)3-2-6-16-12(17)10-7-9(15)4-5-11(10)14/h4-5,7-8H,2-3,6H2,1H3,(H,16,17)(H,18,19). The number of benzene rings is 1. The van der Waals surface area contributed by atoms with Gasteiger partial charge in [0, 0.05) is 14.6 Å². The monoisotopic (exact) mass is 439 g/mol. The zero-order valence-corrected chi connectivity index (χ0v) is 14.2. The normalized spacial score (nSPS) is 11.9. The van der Waals surface area contributed by atoms with Crippen molar-refractivity contribution in [2.45, 2.75) is 19.8 Å². The van der Waals surface area contributed by atoms with Crippen LogP contribution >= 0.6 is 38.5 Å². The maximum absolute atomic E-state index is 11.9. The van der Waals surface area contributed by atoms with E-state index in [4.69, 9.17) is 5.11 Å². The van der Waals surface area contributed by atoms with Crippen LogP contribution in [0.5, 0.6) is 0 Å². The second-order valence-corrected chi connectivity index (χ2v) is 6.36. The van der Waals surface area contributed by atoms with Crippen LogP contribution in [-0.2, 0) is 4.79 Å². The van der Waals surface area contributed by atoms with Gasteiger partial charge in [-0.05, 0) is 69.6 Å². The summed E-state index contributed by atoms with van der Waals surface area (Å²) >= 11 is 5.49. The van der Waals surface area contributed by atoms with Gasteiger partial charge < -0.3 is 10.4 Å². The van der Waals surface area contributed by atoms with Crippen molar-refractivity contribution in [3.8, 4) is 0 Å². The van der Waals surface area contributed by atoms with Gasteiger partial charge in [0.05, 0.1) is 11.5 Å². The maximum Gasteiger partial charge on any atom is 0.306 e. The Balaban J connectivity index is 2.43. The summed E-state index contributed by atoms with van der Waals surface area (Å²) in [6.07, 6.45) is 1.21. The van der Waals surface area contributed by atoms with E-state index >= 15 is 0 Å². The van der Waals surface area contributed by atoms with E-state index in [1.165, 1.54) is 0 Å². The molecule has 0 aliphatic rings. The smallest absolute Gasteiger partial charge is 0.306 e. The summed E-state index contributed by atoms with van der Waals surface area (Å²) < 4.78 is 1.75. The van der Waals surface area contributed by atoms with Gasteiger partial charge in [0.15, 0.2) is 0 Å². The van der Waals surface area contributed by atoms with Crippen molar-refractivity contribution in [2.24, 2.45) is 5.92 Å². The Morgan fingerprint density at radius 3 is 2.79 bits per heavy atom. The summed E-state index contributed by atoms with van der Waals surface area (Å²) in [7, 11) is 0. The van der Waals surface area contributed by atoms with Crippen molar-refractivity contribution in [3.05, 3.63) is 31.8 Å². The van der Waals surface area contributed by atoms with Crippen molar-refractivity contribution in [2.75, 3.05) is 6.54 Å². The number of halogens is 2. The number of carboxylic acid groups (broad SMARTS) is 1. The first-order chi connectivity index (χ1) is 8.91. The fraction of sp³-hybridized carbons (Fsp3) is 0.385. The molecule has 1 unspecified atom stereocenters. The Hall–Kier alpha value is -0.630. The summed E-state index contributed by atoms with van der Waals surface area (Å²) in [5, 5.41) is 11.5. The minimum Gasteiger partial charge on any atom is -0.481 e. The second kappa shape index (κ2) is 7.84. The highest BCUT2D eigenvalue weighted by molar-refractivity contribution is 14.1. The molecule has 1 aromatic carbocycles. The quantitative estimate of drug-likeness (QED) is 0.528. The molecule has 1 atom stereocenters. The summed E-state index contributed by atoms with van der Waals surface area (Å²) in [5.74, 6) is -1.32. The molecule has 0 aliphatic heterocycles. The van der Waals surface area contributed by atoms with Crippen LogP contribution in [-0.4, -0.2) is 23.5 Å². The van der Waals surface area contributed by atoms with Gasteiger partial charge in [-0.3, -0.25) is 9.59 Å². The van der Waals surface area contributed by atoms with E-state index in [1.54, 1.807) is 13.0 Å². The van der Waals surface area contributed by atoms with E-state index in [0.29, 0.717) is 24.9 Å². The molecule has 1 amide bonds. The predicted molar refractivity (Wildman–Crippen MR) is 85.2 cm³/mol. The van der Waals surface area contributed by atoms with Gasteiger partial charge in [-0.1, -0.05) is 6.92 Å². The molecule has 0 spiro atoms. The van der Waals surface area contributed by atoms with E-state index in [9.17, 15) is 9.59 Å². The van der Waals surface area contributed by atoms with Crippen LogP contribution in [0.25, 0.3) is 0 Å². The van der Waals surface area contributed by atoms with Gasteiger partial charge in [-0.25, -0.2) is 0 Å². The molecule has 0 bridgehead atoms. The maximum atomic E-state index is 11.9. The summed E-state index contributed by atoms with van der Waals surface area (Å²) in [6.45, 7) is 2.15. The fourth-order valence-electron chi connectivity index (χ4n) is 1.50. The van der Waals surface area contributed by atoms with Gasteiger partial charge in [-0.2, -0.15) is 0 Å². The van der Waals surface area contributed by atoms with Gasteiger partial charge in [0.25, 0.3) is 5.91 Å². The largest absolute Gasteiger partial charge is 0.481 e. The predicted octanol–water partition coefficient (Wildman–Crippen LogP) is 3.28. The van der Waals surface area contributed by atoms with E-state index in [2.05, 4.69) is 43.8 Å². The van der Waals surface area contributed by atoms with E-state index in [0.717, 1.165) is 8.04 Å². The number of aliphatic carboxylic acids is 1. The molecule has 0 radical (unpaired) electrons. The highest BCUT2D eigenvalue weighted by atomic mass is 127. The molecule has 1 rings (SSSR count). The van der Waals surface area contributed by atoms with Crippen LogP contribution in [0.2, 0.25) is 0 Å². The Morgan fingerprint density at radius 2 is 2.16 bits per heavy atom. The molecule has 1 aromatic rings. The molecular weight excluding hydrogens is 425 g/mol. The van der Waals surface area contributed by atoms with E-state index in [-0.39, 0.29) is 11.8 Å². The molecule has 19 heavy (non-hydrogen) atoms. The molecule has 0 saturated heterocycles. The molecule has 4 nitrogen and oxygen atoms in total. The molecule has 0 fully saturated rings. The first-order valence-electron chi connectivity index (χ1n) is 5.88. The van der Waals surface area contributed by atoms with Crippen LogP contribution < -0.4 is 5.32 Å². The van der Waals surface area contributed by atoms with Gasteiger partial charge in [0.2, 0.25) is 0 Å². The van der Waals surface area contributed by atoms with Crippen molar-refractivity contribution >= 4 is 50.4 Å². The Morgan fingerprint density at radius 1 is 1.47 bits per heavy atom. The lowest BCUT2D eigenvalue weighted by molar-refractivity contribution is -0.141. The molecule has 2 N–H and O–H groups in total. The fourth-order valence-corrected chi connectivity index (χ4v) is 2.42. The number of hydrogen-bond acceptors (Lipinski definition) is 2. The van der Waals surface area contributed by atoms with E-state index in [1.807, 2.05) is 12.1 Å². The highest BCUT2D eigenvalue weighted by Crippen LogP contribution is 2.19. The van der Waals surface area contributed by atoms with Gasteiger partial charge in [0.1, 0.15) is 0 Å². The zero-order chi connectivity index (χ0) is 14.4. The molecular formula is C13H15BrINO3. The number of carboxylic acids is 1. The lowest BCUT2D eigenvalue weighted by Crippen LogP contribution is -2.25. The number of hydrogen-bond donors (Lipinski definition) is 2. The SMILES string of the molecule is CC(CCCNC(=O)c1cc(I)ccc1Br)C(=O)O. The second-order valence-electron chi connectivity index (χ2n) is 4.26. The molecule has 0 heterocycles. The summed E-state index contributed by atoms with van der Waals surface area (Å²) in [6, 6.07) is 5.55. The topological polar surface area (TPSA) is 66.4 Å². The molecule has 0 aromatic heterocycles. The third-order valence-corrected chi connectivity index (χ3v) is 4.06. The summed E-state index contributed by atoms with van der Waals surface area (Å²) in [5.41, 5.74) is 0.596. The Labute approximate surface area is 134 Å². The average molecular weight is 440 g/mol. The van der Waals surface area contributed by atoms with Crippen LogP contribution in [0.1, 0.15) is 30.1 Å². The van der Waals surface area contributed by atoms with E-state index < -0.39 is 5.97 Å². The average Bonchev–Trinajstić information content (AvgIpc) is 2.36. The Kier molecular flexibility index (Phi) is 6.78. The molecule has 104 valence electrons. The zero-order valence-electron chi connectivity index (χ0n) is 10.5. The van der Waals surface area contributed by atoms with Crippen molar-refractivity contribution in [3.63, 3.8) is 0 Å². The third kappa shape index (κ3) is 5.48. The molecule has 0 aliphatic carbocycles. The van der Waals surface area contributed by atoms with Crippen molar-refractivity contribution in [1.82, 2.24) is 5.32 Å². The van der Waals surface area contributed by atoms with Crippen LogP contribution in [0.3, 0.4) is 0 Å². The Bertz CT molecular complexity index is 479. The number of carbonyl (C=O) groups excluding carboxylic acids is 1. The summed E-state index contributed by atoms with van der Waals surface area (Å²) in [4.78, 5) is 22.6. The lowest BCUT2D eigenvalue weighted by atomic mass is 10.1. The third-order valence-electron chi connectivity index (χ3n) is 2.69. The van der Waals surface area contributed by atoms with Gasteiger partial charge in [-0.15, -0.1) is 0 Å². The molecule has 0 saturated carbocycles. The number of carbonyl (C=O) groups is 2. The number of rotatable bonds is 6. The number of nitrogens with one attached hydrogen (secondary N) is 1. The minimum absolute atomic E-state index is 0.145. The first kappa shape index (κ1) is 16.4. The van der Waals surface area contributed by atoms with Gasteiger partial charge >= 0.3 is 5.97 Å². The molecule has 6 heteroatoms. The van der Waals surface area contributed by atoms with Crippen LogP contribution in [0.15, 0.2) is 22.7 Å². The van der Waals surface area contributed by atoms with Crippen LogP contribution in [0.4, 0.5) is 0 Å². The number of amides is 1. The minimum atomic E-state index is -0.799. The first-order valence-corrected chi connectivity index (χ1v) is 7.75.